The van der Waals surface area contributed by atoms with Crippen LogP contribution < -0.4 is 10.5 Å². The first kappa shape index (κ1) is 8.25. The van der Waals surface area contributed by atoms with Gasteiger partial charge in [-0.05, 0) is 0 Å². The molecule has 1 rings (SSSR count). The first-order chi connectivity index (χ1) is 5.52. The molecule has 0 atom stereocenters. The quantitative estimate of drug-likeness (QED) is 0.279. The van der Waals surface area contributed by atoms with Crippen molar-refractivity contribution >= 4 is 11.4 Å². The molecule has 2 N–H and O–H groups in total. The molecular weight excluding hydrogens is 162 g/mol. The third kappa shape index (κ3) is 1.26. The van der Waals surface area contributed by atoms with Gasteiger partial charge in [-0.2, -0.15) is 4.73 Å². The Labute approximate surface area is 68.0 Å². The molecule has 6 heteroatoms. The van der Waals surface area contributed by atoms with Crippen molar-refractivity contribution in [3.05, 3.63) is 33.3 Å². The normalized spacial score (nSPS) is 9.75. The third-order valence-electron chi connectivity index (χ3n) is 1.44. The number of anilines is 1. The van der Waals surface area contributed by atoms with E-state index in [1.165, 1.54) is 6.92 Å². The van der Waals surface area contributed by atoms with Gasteiger partial charge in [-0.15, -0.1) is 0 Å². The Morgan fingerprint density at radius 2 is 2.25 bits per heavy atom. The van der Waals surface area contributed by atoms with Crippen LogP contribution in [0.4, 0.5) is 11.4 Å². The SMILES string of the molecule is Cc1cc([N+](=O)[O-])c(N)c[n+]1[O-]. The summed E-state index contributed by atoms with van der Waals surface area (Å²) in [6, 6.07) is 1.14. The zero-order chi connectivity index (χ0) is 9.30. The number of nitrogens with two attached hydrogens (primary N) is 1. The molecule has 64 valence electrons. The minimum atomic E-state index is -0.623. The number of nitrogen functional groups attached to an aromatic ring is 1. The number of rotatable bonds is 1. The van der Waals surface area contributed by atoms with Gasteiger partial charge in [0, 0.05) is 6.92 Å². The maximum absolute atomic E-state index is 10.8. The van der Waals surface area contributed by atoms with Gasteiger partial charge < -0.3 is 10.9 Å². The fraction of sp³-hybridized carbons (Fsp3) is 0.167. The molecule has 0 fully saturated rings. The second kappa shape index (κ2) is 2.65. The van der Waals surface area contributed by atoms with Gasteiger partial charge in [0.15, 0.2) is 11.4 Å². The first-order valence-corrected chi connectivity index (χ1v) is 3.16. The summed E-state index contributed by atoms with van der Waals surface area (Å²) < 4.78 is 0.488. The van der Waals surface area contributed by atoms with E-state index < -0.39 is 4.92 Å². The molecule has 0 saturated heterocycles. The molecule has 0 amide bonds. The predicted molar refractivity (Wildman–Crippen MR) is 41.2 cm³/mol. The van der Waals surface area contributed by atoms with E-state index in [0.29, 0.717) is 4.73 Å². The smallest absolute Gasteiger partial charge is 0.304 e. The maximum atomic E-state index is 10.8. The first-order valence-electron chi connectivity index (χ1n) is 3.16. The van der Waals surface area contributed by atoms with Crippen molar-refractivity contribution in [1.82, 2.24) is 0 Å². The third-order valence-corrected chi connectivity index (χ3v) is 1.44. The van der Waals surface area contributed by atoms with E-state index in [1.54, 1.807) is 0 Å². The molecule has 0 aliphatic heterocycles. The van der Waals surface area contributed by atoms with Crippen LogP contribution in [0, 0.1) is 22.2 Å². The van der Waals surface area contributed by atoms with Crippen LogP contribution >= 0.6 is 0 Å². The average Bonchev–Trinajstić information content (AvgIpc) is 1.96. The molecule has 0 unspecified atom stereocenters. The molecule has 0 aliphatic rings. The summed E-state index contributed by atoms with van der Waals surface area (Å²) in [5, 5.41) is 21.1. The summed E-state index contributed by atoms with van der Waals surface area (Å²) in [5.74, 6) is 0. The largest absolute Gasteiger partial charge is 0.618 e. The van der Waals surface area contributed by atoms with Crippen LogP contribution in [0.1, 0.15) is 5.69 Å². The van der Waals surface area contributed by atoms with Crippen LogP contribution in [0.5, 0.6) is 0 Å². The van der Waals surface area contributed by atoms with Crippen LogP contribution in [0.3, 0.4) is 0 Å². The number of aromatic nitrogens is 1. The van der Waals surface area contributed by atoms with Gasteiger partial charge in [-0.3, -0.25) is 10.1 Å². The lowest BCUT2D eigenvalue weighted by molar-refractivity contribution is -0.612. The van der Waals surface area contributed by atoms with Gasteiger partial charge >= 0.3 is 5.69 Å². The number of nitrogens with zero attached hydrogens (tertiary/aromatic N) is 2. The van der Waals surface area contributed by atoms with Gasteiger partial charge in [-0.1, -0.05) is 0 Å². The van der Waals surface area contributed by atoms with Gasteiger partial charge in [0.2, 0.25) is 6.20 Å². The Morgan fingerprint density at radius 1 is 1.67 bits per heavy atom. The molecule has 0 spiro atoms. The van der Waals surface area contributed by atoms with E-state index in [1.807, 2.05) is 0 Å². The fourth-order valence-electron chi connectivity index (χ4n) is 0.797. The fourth-order valence-corrected chi connectivity index (χ4v) is 0.797. The average molecular weight is 169 g/mol. The number of aryl methyl sites for hydroxylation is 1. The molecule has 12 heavy (non-hydrogen) atoms. The van der Waals surface area contributed by atoms with E-state index >= 15 is 0 Å². The highest BCUT2D eigenvalue weighted by atomic mass is 16.6. The Balaban J connectivity index is 3.33. The van der Waals surface area contributed by atoms with Crippen LogP contribution in [0.25, 0.3) is 0 Å². The minimum absolute atomic E-state index is 0.124. The van der Waals surface area contributed by atoms with Crippen LogP contribution in [-0.4, -0.2) is 4.92 Å². The topological polar surface area (TPSA) is 96.1 Å². The lowest BCUT2D eigenvalue weighted by Crippen LogP contribution is -2.30. The highest BCUT2D eigenvalue weighted by Gasteiger charge is 2.16. The molecular formula is C6H7N3O3. The van der Waals surface area contributed by atoms with Crippen molar-refractivity contribution in [3.63, 3.8) is 0 Å². The standard InChI is InChI=1S/C6H7N3O3/c1-4-2-6(9(11)12)5(7)3-8(4)10/h2-3H,7H2,1H3. The highest BCUT2D eigenvalue weighted by Crippen LogP contribution is 2.18. The van der Waals surface area contributed by atoms with Crippen molar-refractivity contribution in [3.8, 4) is 0 Å². The Kier molecular flexibility index (Phi) is 1.82. The molecule has 0 aliphatic carbocycles. The minimum Gasteiger partial charge on any atom is -0.618 e. The van der Waals surface area contributed by atoms with E-state index in [2.05, 4.69) is 0 Å². The molecule has 0 radical (unpaired) electrons. The summed E-state index contributed by atoms with van der Waals surface area (Å²) in [6.07, 6.45) is 0.980. The van der Waals surface area contributed by atoms with Gasteiger partial charge in [0.1, 0.15) is 0 Å². The second-order valence-electron chi connectivity index (χ2n) is 2.34. The summed E-state index contributed by atoms with van der Waals surface area (Å²) in [5.41, 5.74) is 5.11. The van der Waals surface area contributed by atoms with Crippen molar-refractivity contribution in [2.75, 3.05) is 5.73 Å². The van der Waals surface area contributed by atoms with Crippen molar-refractivity contribution in [2.24, 2.45) is 0 Å². The molecule has 0 saturated carbocycles. The number of pyridine rings is 1. The summed E-state index contributed by atoms with van der Waals surface area (Å²) in [6.45, 7) is 1.47. The number of hydrogen-bond acceptors (Lipinski definition) is 4. The van der Waals surface area contributed by atoms with Crippen LogP contribution in [0.2, 0.25) is 0 Å². The zero-order valence-corrected chi connectivity index (χ0v) is 6.35. The van der Waals surface area contributed by atoms with Gasteiger partial charge in [-0.25, -0.2) is 0 Å². The van der Waals surface area contributed by atoms with Crippen molar-refractivity contribution in [2.45, 2.75) is 6.92 Å². The Hall–Kier alpha value is -1.85. The molecule has 0 aromatic carbocycles. The van der Waals surface area contributed by atoms with Crippen LogP contribution in [0.15, 0.2) is 12.3 Å². The van der Waals surface area contributed by atoms with Gasteiger partial charge in [0.25, 0.3) is 0 Å². The predicted octanol–water partition coefficient (Wildman–Crippen LogP) is 0.119. The van der Waals surface area contributed by atoms with E-state index in [4.69, 9.17) is 5.73 Å². The number of nitro groups is 1. The van der Waals surface area contributed by atoms with E-state index in [9.17, 15) is 15.3 Å². The maximum Gasteiger partial charge on any atom is 0.304 e. The zero-order valence-electron chi connectivity index (χ0n) is 6.35. The molecule has 1 aromatic heterocycles. The molecule has 0 bridgehead atoms. The van der Waals surface area contributed by atoms with Gasteiger partial charge in [0.05, 0.1) is 11.0 Å². The van der Waals surface area contributed by atoms with E-state index in [-0.39, 0.29) is 17.1 Å². The summed E-state index contributed by atoms with van der Waals surface area (Å²) >= 11 is 0. The van der Waals surface area contributed by atoms with E-state index in [0.717, 1.165) is 12.3 Å². The summed E-state index contributed by atoms with van der Waals surface area (Å²) in [7, 11) is 0. The lowest BCUT2D eigenvalue weighted by Gasteiger charge is -2.00. The Bertz CT molecular complexity index is 337. The monoisotopic (exact) mass is 169 g/mol. The Morgan fingerprint density at radius 3 is 2.75 bits per heavy atom. The van der Waals surface area contributed by atoms with Crippen molar-refractivity contribution in [1.29, 1.82) is 0 Å². The summed E-state index contributed by atoms with van der Waals surface area (Å²) in [4.78, 5) is 9.68. The molecule has 1 heterocycles. The lowest BCUT2D eigenvalue weighted by atomic mass is 10.3. The van der Waals surface area contributed by atoms with Crippen LogP contribution in [-0.2, 0) is 0 Å². The number of hydrogen-bond donors (Lipinski definition) is 1. The molecule has 6 nitrogen and oxygen atoms in total. The highest BCUT2D eigenvalue weighted by molar-refractivity contribution is 5.55. The molecule has 1 aromatic rings. The van der Waals surface area contributed by atoms with Crippen molar-refractivity contribution < 1.29 is 9.65 Å². The second-order valence-corrected chi connectivity index (χ2v) is 2.34.